The first-order valence-electron chi connectivity index (χ1n) is 8.27. The van der Waals surface area contributed by atoms with E-state index in [1.165, 1.54) is 4.31 Å². The van der Waals surface area contributed by atoms with Crippen molar-refractivity contribution in [2.24, 2.45) is 0 Å². The van der Waals surface area contributed by atoms with Crippen LogP contribution in [-0.4, -0.2) is 40.3 Å². The lowest BCUT2D eigenvalue weighted by Crippen LogP contribution is -2.39. The minimum atomic E-state index is -3.45. The number of aryl methyl sites for hydroxylation is 2. The molecule has 0 fully saturated rings. The van der Waals surface area contributed by atoms with Crippen LogP contribution in [0.5, 0.6) is 5.75 Å². The van der Waals surface area contributed by atoms with Crippen molar-refractivity contribution < 1.29 is 17.9 Å². The Bertz CT molecular complexity index is 851. The van der Waals surface area contributed by atoms with Gasteiger partial charge in [0.2, 0.25) is 10.0 Å². The Labute approximate surface area is 154 Å². The summed E-state index contributed by atoms with van der Waals surface area (Å²) in [5.41, 5.74) is 2.69. The molecule has 0 bridgehead atoms. The van der Waals surface area contributed by atoms with Gasteiger partial charge in [-0.25, -0.2) is 8.42 Å². The van der Waals surface area contributed by atoms with Crippen molar-refractivity contribution in [1.82, 2.24) is 5.32 Å². The average Bonchev–Trinajstić information content (AvgIpc) is 2.59. The molecule has 0 radical (unpaired) electrons. The van der Waals surface area contributed by atoms with Crippen LogP contribution in [0.4, 0.5) is 5.69 Å². The smallest absolute Gasteiger partial charge is 0.258 e. The maximum atomic E-state index is 12.1. The predicted octanol–water partition coefficient (Wildman–Crippen LogP) is 2.26. The average molecular weight is 376 g/mol. The summed E-state index contributed by atoms with van der Waals surface area (Å²) in [7, 11) is -3.45. The summed E-state index contributed by atoms with van der Waals surface area (Å²) < 4.78 is 30.9. The first-order chi connectivity index (χ1) is 12.3. The van der Waals surface area contributed by atoms with Crippen molar-refractivity contribution >= 4 is 21.6 Å². The van der Waals surface area contributed by atoms with E-state index in [2.05, 4.69) is 5.32 Å². The Kier molecular flexibility index (Phi) is 6.63. The van der Waals surface area contributed by atoms with Gasteiger partial charge in [0.15, 0.2) is 6.61 Å². The highest BCUT2D eigenvalue weighted by molar-refractivity contribution is 7.92. The molecule has 0 saturated heterocycles. The van der Waals surface area contributed by atoms with Crippen LogP contribution >= 0.6 is 0 Å². The molecule has 140 valence electrons. The van der Waals surface area contributed by atoms with E-state index in [0.717, 1.165) is 17.4 Å². The van der Waals surface area contributed by atoms with Crippen LogP contribution in [0.1, 0.15) is 11.1 Å². The number of carbonyl (C=O) groups excluding carboxylic acids is 1. The zero-order chi connectivity index (χ0) is 19.2. The molecule has 0 heterocycles. The number of hydrogen-bond donors (Lipinski definition) is 1. The topological polar surface area (TPSA) is 75.7 Å². The van der Waals surface area contributed by atoms with Gasteiger partial charge in [0, 0.05) is 6.54 Å². The number of anilines is 1. The molecule has 0 aromatic heterocycles. The Balaban J connectivity index is 1.91. The molecule has 0 atom stereocenters. The summed E-state index contributed by atoms with van der Waals surface area (Å²) in [6.45, 7) is 4.13. The highest BCUT2D eigenvalue weighted by Gasteiger charge is 2.18. The molecule has 1 amide bonds. The molecule has 1 N–H and O–H groups in total. The molecule has 7 heteroatoms. The van der Waals surface area contributed by atoms with Crippen molar-refractivity contribution in [2.45, 2.75) is 13.8 Å². The quantitative estimate of drug-likeness (QED) is 0.767. The van der Waals surface area contributed by atoms with Gasteiger partial charge in [0.1, 0.15) is 5.75 Å². The van der Waals surface area contributed by atoms with Gasteiger partial charge in [-0.15, -0.1) is 0 Å². The molecule has 2 aromatic rings. The van der Waals surface area contributed by atoms with Crippen LogP contribution in [0.15, 0.2) is 48.5 Å². The summed E-state index contributed by atoms with van der Waals surface area (Å²) >= 11 is 0. The first-order valence-corrected chi connectivity index (χ1v) is 10.1. The molecule has 2 rings (SSSR count). The molecule has 0 spiro atoms. The van der Waals surface area contributed by atoms with Gasteiger partial charge < -0.3 is 10.1 Å². The van der Waals surface area contributed by atoms with Gasteiger partial charge in [-0.1, -0.05) is 24.3 Å². The SMILES string of the molecule is Cc1ccc(N(CCNC(=O)COc2ccccc2)S(C)(=O)=O)cc1C. The fourth-order valence-corrected chi connectivity index (χ4v) is 3.30. The number of amides is 1. The van der Waals surface area contributed by atoms with Crippen molar-refractivity contribution in [3.8, 4) is 5.75 Å². The van der Waals surface area contributed by atoms with Gasteiger partial charge in [-0.3, -0.25) is 9.10 Å². The van der Waals surface area contributed by atoms with Crippen LogP contribution < -0.4 is 14.4 Å². The molecule has 0 aliphatic rings. The predicted molar refractivity (Wildman–Crippen MR) is 103 cm³/mol. The van der Waals surface area contributed by atoms with E-state index in [9.17, 15) is 13.2 Å². The second-order valence-electron chi connectivity index (χ2n) is 6.06. The molecular formula is C19H24N2O4S. The number of benzene rings is 2. The van der Waals surface area contributed by atoms with Crippen molar-refractivity contribution in [1.29, 1.82) is 0 Å². The highest BCUT2D eigenvalue weighted by Crippen LogP contribution is 2.20. The van der Waals surface area contributed by atoms with Crippen molar-refractivity contribution in [3.05, 3.63) is 59.7 Å². The second-order valence-corrected chi connectivity index (χ2v) is 7.96. The van der Waals surface area contributed by atoms with E-state index >= 15 is 0 Å². The van der Waals surface area contributed by atoms with Gasteiger partial charge in [0.05, 0.1) is 18.5 Å². The van der Waals surface area contributed by atoms with Gasteiger partial charge in [0.25, 0.3) is 5.91 Å². The standard InChI is InChI=1S/C19H24N2O4S/c1-15-9-10-17(13-16(15)2)21(26(3,23)24)12-11-20-19(22)14-25-18-7-5-4-6-8-18/h4-10,13H,11-12,14H2,1-3H3,(H,20,22). The summed E-state index contributed by atoms with van der Waals surface area (Å²) in [6.07, 6.45) is 1.16. The molecular weight excluding hydrogens is 352 g/mol. The molecule has 0 unspecified atom stereocenters. The number of sulfonamides is 1. The van der Waals surface area contributed by atoms with Crippen LogP contribution in [-0.2, 0) is 14.8 Å². The third-order valence-corrected chi connectivity index (χ3v) is 5.12. The van der Waals surface area contributed by atoms with E-state index in [-0.39, 0.29) is 25.6 Å². The lowest BCUT2D eigenvalue weighted by atomic mass is 10.1. The van der Waals surface area contributed by atoms with Gasteiger partial charge >= 0.3 is 0 Å². The molecule has 0 aliphatic heterocycles. The summed E-state index contributed by atoms with van der Waals surface area (Å²) in [6, 6.07) is 14.5. The molecule has 2 aromatic carbocycles. The summed E-state index contributed by atoms with van der Waals surface area (Å²) in [5, 5.41) is 2.68. The molecule has 26 heavy (non-hydrogen) atoms. The normalized spacial score (nSPS) is 11.0. The summed E-state index contributed by atoms with van der Waals surface area (Å²) in [5.74, 6) is 0.304. The maximum Gasteiger partial charge on any atom is 0.258 e. The first kappa shape index (κ1) is 19.8. The Morgan fingerprint density at radius 2 is 1.77 bits per heavy atom. The minimum absolute atomic E-state index is 0.119. The number of hydrogen-bond acceptors (Lipinski definition) is 4. The van der Waals surface area contributed by atoms with E-state index < -0.39 is 10.0 Å². The second kappa shape index (κ2) is 8.71. The van der Waals surface area contributed by atoms with E-state index in [1.54, 1.807) is 18.2 Å². The largest absolute Gasteiger partial charge is 0.484 e. The summed E-state index contributed by atoms with van der Waals surface area (Å²) in [4.78, 5) is 11.9. The lowest BCUT2D eigenvalue weighted by Gasteiger charge is -2.23. The number of nitrogens with zero attached hydrogens (tertiary/aromatic N) is 1. The van der Waals surface area contributed by atoms with Crippen LogP contribution in [0, 0.1) is 13.8 Å². The van der Waals surface area contributed by atoms with Crippen LogP contribution in [0.2, 0.25) is 0 Å². The minimum Gasteiger partial charge on any atom is -0.484 e. The van der Waals surface area contributed by atoms with Gasteiger partial charge in [-0.2, -0.15) is 0 Å². The van der Waals surface area contributed by atoms with Crippen molar-refractivity contribution in [2.75, 3.05) is 30.3 Å². The number of ether oxygens (including phenoxy) is 1. The third kappa shape index (κ3) is 5.77. The van der Waals surface area contributed by atoms with Crippen LogP contribution in [0.3, 0.4) is 0 Å². The third-order valence-electron chi connectivity index (χ3n) is 3.93. The monoisotopic (exact) mass is 376 g/mol. The zero-order valence-corrected chi connectivity index (χ0v) is 16.0. The fourth-order valence-electron chi connectivity index (χ4n) is 2.38. The van der Waals surface area contributed by atoms with E-state index in [4.69, 9.17) is 4.74 Å². The molecule has 0 aliphatic carbocycles. The number of nitrogens with one attached hydrogen (secondary N) is 1. The number of para-hydroxylation sites is 1. The maximum absolute atomic E-state index is 12.1. The number of carbonyl (C=O) groups is 1. The van der Waals surface area contributed by atoms with Crippen LogP contribution in [0.25, 0.3) is 0 Å². The molecule has 6 nitrogen and oxygen atoms in total. The van der Waals surface area contributed by atoms with Crippen molar-refractivity contribution in [3.63, 3.8) is 0 Å². The Hall–Kier alpha value is -2.54. The van der Waals surface area contributed by atoms with E-state index in [1.807, 2.05) is 44.2 Å². The van der Waals surface area contributed by atoms with Gasteiger partial charge in [-0.05, 0) is 49.2 Å². The lowest BCUT2D eigenvalue weighted by molar-refractivity contribution is -0.123. The number of rotatable bonds is 8. The van der Waals surface area contributed by atoms with E-state index in [0.29, 0.717) is 11.4 Å². The molecule has 0 saturated carbocycles. The fraction of sp³-hybridized carbons (Fsp3) is 0.316. The Morgan fingerprint density at radius 1 is 1.08 bits per heavy atom. The Morgan fingerprint density at radius 3 is 2.38 bits per heavy atom. The zero-order valence-electron chi connectivity index (χ0n) is 15.2. The highest BCUT2D eigenvalue weighted by atomic mass is 32.2.